The minimum atomic E-state index is -4.71. The molecule has 0 aliphatic heterocycles. The minimum Gasteiger partial charge on any atom is -0.756 e. The molecule has 0 rings (SSSR count). The first-order chi connectivity index (χ1) is 37.9. The Kier molecular flexibility index (Phi) is 56.2. The number of likely N-dealkylation sites (N-methyl/N-ethyl adjacent to an activating group) is 1. The Bertz CT molecular complexity index is 1520. The van der Waals surface area contributed by atoms with Crippen molar-refractivity contribution < 1.29 is 37.3 Å². The van der Waals surface area contributed by atoms with E-state index in [9.17, 15) is 19.0 Å². The fraction of sp³-hybridized carbons (Fsp3) is 0.824. The zero-order valence-electron chi connectivity index (χ0n) is 52.1. The highest BCUT2D eigenvalue weighted by Gasteiger charge is 2.27. The van der Waals surface area contributed by atoms with Crippen molar-refractivity contribution in [3.05, 3.63) is 60.8 Å². The molecule has 10 heteroatoms. The van der Waals surface area contributed by atoms with Crippen molar-refractivity contribution in [1.29, 1.82) is 0 Å². The highest BCUT2D eigenvalue weighted by Crippen LogP contribution is 2.38. The van der Waals surface area contributed by atoms with Crippen molar-refractivity contribution in [2.24, 2.45) is 0 Å². The summed E-state index contributed by atoms with van der Waals surface area (Å²) in [5.41, 5.74) is 0. The highest BCUT2D eigenvalue weighted by molar-refractivity contribution is 7.45. The number of rotatable bonds is 60. The monoisotopic (exact) mass is 1110 g/mol. The third-order valence-electron chi connectivity index (χ3n) is 14.7. The molecule has 3 atom stereocenters. The van der Waals surface area contributed by atoms with Gasteiger partial charge in [-0.05, 0) is 89.5 Å². The molecule has 456 valence electrons. The first kappa shape index (κ1) is 75.7. The molecule has 0 fully saturated rings. The average molecular weight is 1120 g/mol. The van der Waals surface area contributed by atoms with Crippen molar-refractivity contribution in [3.8, 4) is 0 Å². The number of hydrogen-bond donors (Lipinski definition) is 1. The van der Waals surface area contributed by atoms with Crippen LogP contribution in [0.25, 0.3) is 0 Å². The van der Waals surface area contributed by atoms with Gasteiger partial charge in [0.25, 0.3) is 7.82 Å². The molecule has 0 saturated heterocycles. The molecule has 0 saturated carbocycles. The predicted octanol–water partition coefficient (Wildman–Crippen LogP) is 20.0. The molecule has 0 spiro atoms. The maximum Gasteiger partial charge on any atom is 0.306 e. The van der Waals surface area contributed by atoms with E-state index >= 15 is 0 Å². The Balaban J connectivity index is 5.10. The number of carbonyl (C=O) groups is 2. The van der Waals surface area contributed by atoms with Crippen LogP contribution in [0.2, 0.25) is 0 Å². The van der Waals surface area contributed by atoms with Gasteiger partial charge in [-0.2, -0.15) is 0 Å². The molecule has 0 aliphatic carbocycles. The molecule has 1 N–H and O–H groups in total. The summed E-state index contributed by atoms with van der Waals surface area (Å²) in [6, 6.07) is -0.900. The molecule has 0 aromatic rings. The lowest BCUT2D eigenvalue weighted by molar-refractivity contribution is -0.870. The van der Waals surface area contributed by atoms with Crippen molar-refractivity contribution in [1.82, 2.24) is 5.32 Å². The number of unbranched alkanes of at least 4 members (excludes halogenated alkanes) is 36. The van der Waals surface area contributed by atoms with Crippen molar-refractivity contribution in [2.75, 3.05) is 40.9 Å². The number of phosphoric ester groups is 1. The molecule has 9 nitrogen and oxygen atoms in total. The van der Waals surface area contributed by atoms with Gasteiger partial charge >= 0.3 is 5.97 Å². The lowest BCUT2D eigenvalue weighted by atomic mass is 10.0. The van der Waals surface area contributed by atoms with E-state index in [0.29, 0.717) is 23.9 Å². The highest BCUT2D eigenvalue weighted by atomic mass is 31.2. The quantitative estimate of drug-likeness (QED) is 0.0212. The van der Waals surface area contributed by atoms with Crippen LogP contribution in [0.15, 0.2) is 60.8 Å². The number of esters is 1. The van der Waals surface area contributed by atoms with Gasteiger partial charge in [0.2, 0.25) is 5.91 Å². The predicted molar refractivity (Wildman–Crippen MR) is 335 cm³/mol. The minimum absolute atomic E-state index is 0.0271. The first-order valence-electron chi connectivity index (χ1n) is 33.1. The van der Waals surface area contributed by atoms with Crippen LogP contribution in [-0.2, 0) is 27.9 Å². The standard InChI is InChI=1S/C68H127N2O7P/c1-7-10-13-16-19-22-25-28-30-31-32-33-34-35-36-37-38-39-40-43-46-49-52-55-58-61-68(72)77-66(59-56-53-50-47-44-41-27-24-21-18-15-12-9-3)65(64-76-78(73,74)75-63-62-70(4,5)6)69-67(71)60-57-54-51-48-45-42-29-26-23-20-17-14-11-8-2/h11,14,20,23,28-30,42,56,59,65-66H,7-10,12-13,15-19,21-22,24-27,31-41,43-55,57-58,60-64H2,1-6H3,(H-,69,71,73,74)/b14-11+,23-20+,30-28+,42-29+,59-56-. The molecule has 1 amide bonds. The third-order valence-corrected chi connectivity index (χ3v) is 15.6. The molecule has 0 aliphatic rings. The summed E-state index contributed by atoms with van der Waals surface area (Å²) in [6.45, 7) is 6.74. The van der Waals surface area contributed by atoms with Gasteiger partial charge in [0.1, 0.15) is 19.3 Å². The van der Waals surface area contributed by atoms with Crippen molar-refractivity contribution >= 4 is 19.7 Å². The van der Waals surface area contributed by atoms with E-state index in [-0.39, 0.29) is 24.9 Å². The number of quaternary nitrogens is 1. The zero-order chi connectivity index (χ0) is 57.2. The smallest absolute Gasteiger partial charge is 0.306 e. The van der Waals surface area contributed by atoms with Gasteiger partial charge in [-0.25, -0.2) is 0 Å². The number of nitrogens with one attached hydrogen (secondary N) is 1. The third kappa shape index (κ3) is 58.4. The van der Waals surface area contributed by atoms with Crippen LogP contribution >= 0.6 is 7.82 Å². The van der Waals surface area contributed by atoms with Crippen LogP contribution < -0.4 is 10.2 Å². The average Bonchev–Trinajstić information content (AvgIpc) is 3.40. The van der Waals surface area contributed by atoms with E-state index in [1.165, 1.54) is 186 Å². The van der Waals surface area contributed by atoms with Gasteiger partial charge in [-0.3, -0.25) is 14.2 Å². The number of hydrogen-bond acceptors (Lipinski definition) is 7. The first-order valence-corrected chi connectivity index (χ1v) is 34.6. The molecule has 0 aromatic carbocycles. The lowest BCUT2D eigenvalue weighted by Crippen LogP contribution is -2.47. The number of allylic oxidation sites excluding steroid dienone is 9. The van der Waals surface area contributed by atoms with Crippen LogP contribution in [0, 0.1) is 0 Å². The number of nitrogens with zero attached hydrogens (tertiary/aromatic N) is 1. The summed E-state index contributed by atoms with van der Waals surface area (Å²) in [5, 5.41) is 3.02. The second-order valence-electron chi connectivity index (χ2n) is 23.6. The van der Waals surface area contributed by atoms with Gasteiger partial charge in [0.05, 0.1) is 33.8 Å². The lowest BCUT2D eigenvalue weighted by Gasteiger charge is -2.30. The Morgan fingerprint density at radius 3 is 1.24 bits per heavy atom. The summed E-state index contributed by atoms with van der Waals surface area (Å²) < 4.78 is 30.3. The maximum atomic E-state index is 13.5. The van der Waals surface area contributed by atoms with Gasteiger partial charge in [-0.1, -0.05) is 268 Å². The molecule has 0 bridgehead atoms. The summed E-state index contributed by atoms with van der Waals surface area (Å²) >= 11 is 0. The van der Waals surface area contributed by atoms with E-state index in [1.54, 1.807) is 0 Å². The maximum absolute atomic E-state index is 13.5. The molecule has 78 heavy (non-hydrogen) atoms. The Morgan fingerprint density at radius 2 is 0.821 bits per heavy atom. The normalized spacial score (nSPS) is 14.0. The second kappa shape index (κ2) is 57.9. The van der Waals surface area contributed by atoms with E-state index in [4.69, 9.17) is 13.8 Å². The van der Waals surface area contributed by atoms with Gasteiger partial charge in [0.15, 0.2) is 0 Å². The fourth-order valence-corrected chi connectivity index (χ4v) is 10.3. The molecule has 0 radical (unpaired) electrons. The van der Waals surface area contributed by atoms with Crippen LogP contribution in [0.1, 0.15) is 310 Å². The van der Waals surface area contributed by atoms with Gasteiger partial charge in [-0.15, -0.1) is 0 Å². The SMILES string of the molecule is CC/C=C/C/C=C/C/C=C/CCCCCCC(=O)NC(COP(=O)([O-])OCC[N+](C)(C)C)C(/C=C\CCCCCCCCCCCCC)OC(=O)CCCCCCCCCCCCCCCCC/C=C/CCCCCCCC. The Morgan fingerprint density at radius 1 is 0.462 bits per heavy atom. The summed E-state index contributed by atoms with van der Waals surface area (Å²) in [5.74, 6) is -0.558. The van der Waals surface area contributed by atoms with E-state index in [2.05, 4.69) is 74.7 Å². The van der Waals surface area contributed by atoms with Crippen LogP contribution in [-0.4, -0.2) is 69.4 Å². The van der Waals surface area contributed by atoms with Crippen LogP contribution in [0.3, 0.4) is 0 Å². The molecule has 0 aromatic heterocycles. The van der Waals surface area contributed by atoms with E-state index in [0.717, 1.165) is 83.5 Å². The number of ether oxygens (including phenoxy) is 1. The summed E-state index contributed by atoms with van der Waals surface area (Å²) in [6.07, 6.45) is 73.5. The van der Waals surface area contributed by atoms with E-state index < -0.39 is 26.6 Å². The summed E-state index contributed by atoms with van der Waals surface area (Å²) in [7, 11) is 1.17. The largest absolute Gasteiger partial charge is 0.756 e. The van der Waals surface area contributed by atoms with Crippen molar-refractivity contribution in [2.45, 2.75) is 322 Å². The van der Waals surface area contributed by atoms with Crippen LogP contribution in [0.5, 0.6) is 0 Å². The molecule has 3 unspecified atom stereocenters. The van der Waals surface area contributed by atoms with Crippen molar-refractivity contribution in [3.63, 3.8) is 0 Å². The molecule has 0 heterocycles. The number of carbonyl (C=O) groups excluding carboxylic acids is 2. The summed E-state index contributed by atoms with van der Waals surface area (Å²) in [4.78, 5) is 40.0. The number of amides is 1. The van der Waals surface area contributed by atoms with Crippen LogP contribution in [0.4, 0.5) is 0 Å². The van der Waals surface area contributed by atoms with Gasteiger partial charge in [0, 0.05) is 12.8 Å². The molecular formula is C68H127N2O7P. The zero-order valence-corrected chi connectivity index (χ0v) is 53.0. The number of phosphoric acid groups is 1. The Labute approximate surface area is 483 Å². The van der Waals surface area contributed by atoms with E-state index in [1.807, 2.05) is 33.3 Å². The second-order valence-corrected chi connectivity index (χ2v) is 25.0. The fourth-order valence-electron chi connectivity index (χ4n) is 9.59. The molecular weight excluding hydrogens is 988 g/mol. The Hall–Kier alpha value is -2.29. The van der Waals surface area contributed by atoms with Gasteiger partial charge < -0.3 is 28.5 Å². The topological polar surface area (TPSA) is 114 Å².